The second-order valence-corrected chi connectivity index (χ2v) is 5.11. The highest BCUT2D eigenvalue weighted by molar-refractivity contribution is 7.13. The third kappa shape index (κ3) is 3.89. The van der Waals surface area contributed by atoms with Crippen LogP contribution in [0, 0.1) is 5.92 Å². The van der Waals surface area contributed by atoms with E-state index < -0.39 is 0 Å². The fourth-order valence-electron chi connectivity index (χ4n) is 1.84. The summed E-state index contributed by atoms with van der Waals surface area (Å²) in [6.07, 6.45) is 5.74. The molecule has 1 aliphatic rings. The Labute approximate surface area is 115 Å². The zero-order valence-electron chi connectivity index (χ0n) is 10.7. The second kappa shape index (κ2) is 6.47. The number of anilines is 1. The number of thiazole rings is 1. The van der Waals surface area contributed by atoms with Crippen LogP contribution in [-0.2, 0) is 20.7 Å². The third-order valence-corrected chi connectivity index (χ3v) is 3.60. The number of rotatable bonds is 5. The summed E-state index contributed by atoms with van der Waals surface area (Å²) in [4.78, 5) is 27.4. The van der Waals surface area contributed by atoms with E-state index in [-0.39, 0.29) is 24.2 Å². The van der Waals surface area contributed by atoms with Crippen molar-refractivity contribution in [3.05, 3.63) is 23.2 Å². The highest BCUT2D eigenvalue weighted by atomic mass is 32.1. The summed E-state index contributed by atoms with van der Waals surface area (Å²) in [5.74, 6) is -0.301. The average molecular weight is 280 g/mol. The molecular weight excluding hydrogens is 264 g/mol. The number of nitrogens with one attached hydrogen (secondary N) is 1. The summed E-state index contributed by atoms with van der Waals surface area (Å²) in [5, 5.41) is 5.09. The van der Waals surface area contributed by atoms with Crippen LogP contribution in [0.5, 0.6) is 0 Å². The molecule has 1 aliphatic carbocycles. The molecule has 6 heteroatoms. The predicted octanol–water partition coefficient (Wildman–Crippen LogP) is 2.15. The number of esters is 1. The van der Waals surface area contributed by atoms with Gasteiger partial charge < -0.3 is 10.1 Å². The average Bonchev–Trinajstić information content (AvgIpc) is 3.00. The number of amides is 1. The Balaban J connectivity index is 1.86. The summed E-state index contributed by atoms with van der Waals surface area (Å²) >= 11 is 1.33. The lowest BCUT2D eigenvalue weighted by Crippen LogP contribution is -2.20. The SMILES string of the molecule is CCOC(=O)Cc1csc(NC(=O)C2CC=CC2)n1. The lowest BCUT2D eigenvalue weighted by atomic mass is 10.1. The summed E-state index contributed by atoms with van der Waals surface area (Å²) in [6, 6.07) is 0. The van der Waals surface area contributed by atoms with Gasteiger partial charge in [-0.3, -0.25) is 9.59 Å². The zero-order chi connectivity index (χ0) is 13.7. The summed E-state index contributed by atoms with van der Waals surface area (Å²) < 4.78 is 4.85. The molecule has 0 spiro atoms. The van der Waals surface area contributed by atoms with Crippen LogP contribution in [0.3, 0.4) is 0 Å². The van der Waals surface area contributed by atoms with Gasteiger partial charge in [0.25, 0.3) is 0 Å². The largest absolute Gasteiger partial charge is 0.466 e. The van der Waals surface area contributed by atoms with Gasteiger partial charge in [0.15, 0.2) is 5.13 Å². The van der Waals surface area contributed by atoms with E-state index in [0.717, 1.165) is 12.8 Å². The number of nitrogens with zero attached hydrogens (tertiary/aromatic N) is 1. The van der Waals surface area contributed by atoms with Gasteiger partial charge in [-0.1, -0.05) is 12.2 Å². The first-order chi connectivity index (χ1) is 9.19. The molecule has 0 atom stereocenters. The molecule has 1 heterocycles. The van der Waals surface area contributed by atoms with Crippen molar-refractivity contribution >= 4 is 28.3 Å². The quantitative estimate of drug-likeness (QED) is 0.663. The maximum absolute atomic E-state index is 11.9. The van der Waals surface area contributed by atoms with E-state index in [1.165, 1.54) is 11.3 Å². The van der Waals surface area contributed by atoms with E-state index in [2.05, 4.69) is 10.3 Å². The summed E-state index contributed by atoms with van der Waals surface area (Å²) in [5.41, 5.74) is 0.628. The normalized spacial score (nSPS) is 14.6. The minimum absolute atomic E-state index is 0.0115. The fraction of sp³-hybridized carbons (Fsp3) is 0.462. The molecule has 5 nitrogen and oxygen atoms in total. The fourth-order valence-corrected chi connectivity index (χ4v) is 2.56. The topological polar surface area (TPSA) is 68.3 Å². The number of hydrogen-bond donors (Lipinski definition) is 1. The first kappa shape index (κ1) is 13.7. The maximum atomic E-state index is 11.9. The number of carbonyl (C=O) groups is 2. The Bertz CT molecular complexity index is 488. The van der Waals surface area contributed by atoms with Gasteiger partial charge in [-0.05, 0) is 19.8 Å². The second-order valence-electron chi connectivity index (χ2n) is 4.25. The third-order valence-electron chi connectivity index (χ3n) is 2.79. The molecule has 0 saturated carbocycles. The smallest absolute Gasteiger partial charge is 0.311 e. The van der Waals surface area contributed by atoms with E-state index in [1.807, 2.05) is 12.2 Å². The standard InChI is InChI=1S/C13H16N2O3S/c1-2-18-11(16)7-10-8-19-13(14-10)15-12(17)9-5-3-4-6-9/h3-4,8-9H,2,5-7H2,1H3,(H,14,15,17). The Morgan fingerprint density at radius 2 is 2.21 bits per heavy atom. The molecule has 102 valence electrons. The molecule has 1 amide bonds. The molecule has 0 bridgehead atoms. The number of carbonyl (C=O) groups excluding carboxylic acids is 2. The Morgan fingerprint density at radius 1 is 1.47 bits per heavy atom. The van der Waals surface area contributed by atoms with Crippen molar-refractivity contribution in [1.29, 1.82) is 0 Å². The van der Waals surface area contributed by atoms with Gasteiger partial charge in [-0.15, -0.1) is 11.3 Å². The van der Waals surface area contributed by atoms with Gasteiger partial charge in [-0.2, -0.15) is 0 Å². The van der Waals surface area contributed by atoms with E-state index >= 15 is 0 Å². The minimum atomic E-state index is -0.300. The van der Waals surface area contributed by atoms with Crippen LogP contribution in [0.2, 0.25) is 0 Å². The van der Waals surface area contributed by atoms with E-state index in [0.29, 0.717) is 17.4 Å². The molecular formula is C13H16N2O3S. The first-order valence-corrected chi connectivity index (χ1v) is 7.13. The summed E-state index contributed by atoms with van der Waals surface area (Å²) in [7, 11) is 0. The van der Waals surface area contributed by atoms with Gasteiger partial charge in [0.05, 0.1) is 18.7 Å². The molecule has 0 aliphatic heterocycles. The number of hydrogen-bond acceptors (Lipinski definition) is 5. The molecule has 0 radical (unpaired) electrons. The highest BCUT2D eigenvalue weighted by Gasteiger charge is 2.20. The molecule has 19 heavy (non-hydrogen) atoms. The van der Waals surface area contributed by atoms with Crippen molar-refractivity contribution in [2.75, 3.05) is 11.9 Å². The van der Waals surface area contributed by atoms with Crippen molar-refractivity contribution in [1.82, 2.24) is 4.98 Å². The van der Waals surface area contributed by atoms with Crippen molar-refractivity contribution < 1.29 is 14.3 Å². The van der Waals surface area contributed by atoms with Gasteiger partial charge >= 0.3 is 5.97 Å². The van der Waals surface area contributed by atoms with Gasteiger partial charge in [0.1, 0.15) is 0 Å². The van der Waals surface area contributed by atoms with Crippen LogP contribution in [0.1, 0.15) is 25.5 Å². The maximum Gasteiger partial charge on any atom is 0.311 e. The summed E-state index contributed by atoms with van der Waals surface area (Å²) in [6.45, 7) is 2.13. The lowest BCUT2D eigenvalue weighted by Gasteiger charge is -2.07. The highest BCUT2D eigenvalue weighted by Crippen LogP contribution is 2.22. The van der Waals surface area contributed by atoms with Crippen molar-refractivity contribution in [3.8, 4) is 0 Å². The van der Waals surface area contributed by atoms with Crippen molar-refractivity contribution in [2.45, 2.75) is 26.2 Å². The Hall–Kier alpha value is -1.69. The molecule has 0 unspecified atom stereocenters. The van der Waals surface area contributed by atoms with Crippen LogP contribution < -0.4 is 5.32 Å². The predicted molar refractivity (Wildman–Crippen MR) is 72.9 cm³/mol. The zero-order valence-corrected chi connectivity index (χ0v) is 11.5. The number of aromatic nitrogens is 1. The van der Waals surface area contributed by atoms with Gasteiger partial charge in [0, 0.05) is 11.3 Å². The Kier molecular flexibility index (Phi) is 4.68. The molecule has 0 saturated heterocycles. The van der Waals surface area contributed by atoms with Gasteiger partial charge in [0.2, 0.25) is 5.91 Å². The monoisotopic (exact) mass is 280 g/mol. The van der Waals surface area contributed by atoms with E-state index in [9.17, 15) is 9.59 Å². The van der Waals surface area contributed by atoms with Crippen molar-refractivity contribution in [2.24, 2.45) is 5.92 Å². The van der Waals surface area contributed by atoms with E-state index in [1.54, 1.807) is 12.3 Å². The molecule has 1 N–H and O–H groups in total. The van der Waals surface area contributed by atoms with E-state index in [4.69, 9.17) is 4.74 Å². The number of ether oxygens (including phenoxy) is 1. The number of allylic oxidation sites excluding steroid dienone is 2. The molecule has 1 aromatic heterocycles. The minimum Gasteiger partial charge on any atom is -0.466 e. The van der Waals surface area contributed by atoms with Crippen LogP contribution in [0.4, 0.5) is 5.13 Å². The lowest BCUT2D eigenvalue weighted by molar-refractivity contribution is -0.142. The molecule has 1 aromatic rings. The van der Waals surface area contributed by atoms with Crippen LogP contribution in [0.25, 0.3) is 0 Å². The van der Waals surface area contributed by atoms with Crippen LogP contribution in [-0.4, -0.2) is 23.5 Å². The van der Waals surface area contributed by atoms with Gasteiger partial charge in [-0.25, -0.2) is 4.98 Å². The molecule has 0 aromatic carbocycles. The first-order valence-electron chi connectivity index (χ1n) is 6.25. The van der Waals surface area contributed by atoms with Crippen LogP contribution >= 0.6 is 11.3 Å². The van der Waals surface area contributed by atoms with Crippen molar-refractivity contribution in [3.63, 3.8) is 0 Å². The molecule has 2 rings (SSSR count). The Morgan fingerprint density at radius 3 is 2.89 bits per heavy atom. The van der Waals surface area contributed by atoms with Crippen LogP contribution in [0.15, 0.2) is 17.5 Å². The molecule has 0 fully saturated rings.